The van der Waals surface area contributed by atoms with E-state index in [1.165, 1.54) is 19.0 Å². The smallest absolute Gasteiger partial charge is 0.0136 e. The molecule has 0 spiro atoms. The molecule has 1 aliphatic carbocycles. The zero-order valence-corrected chi connectivity index (χ0v) is 6.97. The van der Waals surface area contributed by atoms with Crippen molar-refractivity contribution in [2.45, 2.75) is 19.8 Å². The molecule has 0 aromatic rings. The second-order valence-corrected chi connectivity index (χ2v) is 1.92. The average molecular weight is 180 g/mol. The highest BCUT2D eigenvalue weighted by Crippen LogP contribution is 2.26. The molecule has 0 unspecified atom stereocenters. The Kier molecular flexibility index (Phi) is 9.57. The highest BCUT2D eigenvalue weighted by Gasteiger charge is 2.12. The van der Waals surface area contributed by atoms with Crippen LogP contribution in [0.5, 0.6) is 0 Å². The van der Waals surface area contributed by atoms with Crippen LogP contribution in [0.2, 0.25) is 0 Å². The maximum Gasteiger partial charge on any atom is -0.0136 e. The van der Waals surface area contributed by atoms with Gasteiger partial charge in [-0.1, -0.05) is 26.3 Å². The quantitative estimate of drug-likeness (QED) is 0.606. The third-order valence-electron chi connectivity index (χ3n) is 0.866. The van der Waals surface area contributed by atoms with Crippen LogP contribution >= 0.6 is 17.0 Å². The molecule has 8 heavy (non-hydrogen) atoms. The molecule has 1 fully saturated rings. The van der Waals surface area contributed by atoms with Gasteiger partial charge in [-0.05, 0) is 12.1 Å². The molecular formula is C6H14BrN. The fraction of sp³-hybridized carbons (Fsp3) is 0.667. The van der Waals surface area contributed by atoms with E-state index in [1.54, 1.807) is 0 Å². The van der Waals surface area contributed by atoms with Crippen molar-refractivity contribution in [3.8, 4) is 0 Å². The summed E-state index contributed by atoms with van der Waals surface area (Å²) in [5.41, 5.74) is 4.61. The number of halogens is 1. The third-order valence-corrected chi connectivity index (χ3v) is 0.866. The van der Waals surface area contributed by atoms with Gasteiger partial charge in [0.1, 0.15) is 0 Å². The zero-order chi connectivity index (χ0) is 5.70. The van der Waals surface area contributed by atoms with Crippen LogP contribution in [0.4, 0.5) is 0 Å². The van der Waals surface area contributed by atoms with E-state index in [4.69, 9.17) is 0 Å². The van der Waals surface area contributed by atoms with Crippen molar-refractivity contribution in [1.29, 1.82) is 0 Å². The molecule has 0 saturated heterocycles. The van der Waals surface area contributed by atoms with E-state index in [-0.39, 0.29) is 17.0 Å². The van der Waals surface area contributed by atoms with Crippen LogP contribution in [0.15, 0.2) is 12.8 Å². The van der Waals surface area contributed by atoms with E-state index in [0.717, 1.165) is 5.92 Å². The van der Waals surface area contributed by atoms with Gasteiger partial charge in [-0.2, -0.15) is 0 Å². The van der Waals surface area contributed by atoms with Gasteiger partial charge in [0, 0.05) is 0 Å². The monoisotopic (exact) mass is 179 g/mol. The van der Waals surface area contributed by atoms with Crippen LogP contribution in [-0.2, 0) is 0 Å². The maximum atomic E-state index is 4.61. The summed E-state index contributed by atoms with van der Waals surface area (Å²) < 4.78 is 0. The van der Waals surface area contributed by atoms with E-state index in [2.05, 4.69) is 19.2 Å². The first-order valence-corrected chi connectivity index (χ1v) is 2.64. The lowest BCUT2D eigenvalue weighted by molar-refractivity contribution is 0.983. The molecule has 0 radical (unpaired) electrons. The Bertz CT molecular complexity index is 50.5. The molecule has 0 aromatic heterocycles. The summed E-state index contributed by atoms with van der Waals surface area (Å²) in [6, 6.07) is 0. The minimum absolute atomic E-state index is 0. The fourth-order valence-corrected chi connectivity index (χ4v) is 0.167. The van der Waals surface area contributed by atoms with Crippen LogP contribution in [0.3, 0.4) is 0 Å². The van der Waals surface area contributed by atoms with Crippen molar-refractivity contribution in [3.05, 3.63) is 12.8 Å². The molecule has 2 N–H and O–H groups in total. The molecule has 50 valence electrons. The van der Waals surface area contributed by atoms with E-state index in [0.29, 0.717) is 0 Å². The van der Waals surface area contributed by atoms with Crippen LogP contribution in [0, 0.1) is 5.92 Å². The molecule has 0 heterocycles. The third kappa shape index (κ3) is 16.6. The van der Waals surface area contributed by atoms with E-state index >= 15 is 0 Å². The topological polar surface area (TPSA) is 26.0 Å². The first-order valence-electron chi connectivity index (χ1n) is 2.64. The first kappa shape index (κ1) is 10.9. The van der Waals surface area contributed by atoms with Gasteiger partial charge >= 0.3 is 0 Å². The summed E-state index contributed by atoms with van der Waals surface area (Å²) in [5.74, 6) is 1.08. The summed E-state index contributed by atoms with van der Waals surface area (Å²) in [6.45, 7) is 5.42. The van der Waals surface area contributed by atoms with Gasteiger partial charge in [0.05, 0.1) is 0 Å². The summed E-state index contributed by atoms with van der Waals surface area (Å²) in [5, 5.41) is 0. The number of hydrogen-bond acceptors (Lipinski definition) is 1. The summed E-state index contributed by atoms with van der Waals surface area (Å²) in [4.78, 5) is 0. The van der Waals surface area contributed by atoms with Gasteiger partial charge in [0.2, 0.25) is 0 Å². The summed E-state index contributed by atoms with van der Waals surface area (Å²) in [6.07, 6.45) is 4.22. The van der Waals surface area contributed by atoms with Crippen molar-refractivity contribution in [2.24, 2.45) is 11.7 Å². The molecule has 0 atom stereocenters. The van der Waals surface area contributed by atoms with Gasteiger partial charge in [0.25, 0.3) is 0 Å². The average Bonchev–Trinajstić information content (AvgIpc) is 2.25. The fourth-order valence-electron chi connectivity index (χ4n) is 0.167. The Morgan fingerprint density at radius 2 is 1.75 bits per heavy atom. The SMILES string of the molecule is Br.C=CN.CC1CC1. The molecular weight excluding hydrogens is 166 g/mol. The Balaban J connectivity index is 0. The molecule has 0 bridgehead atoms. The Morgan fingerprint density at radius 3 is 1.75 bits per heavy atom. The standard InChI is InChI=1S/C4H8.C2H5N.BrH/c1-4-2-3-4;1-2-3;/h4H,2-3H2,1H3;2H,1,3H2;1H. The molecule has 0 amide bonds. The molecule has 1 aliphatic rings. The lowest BCUT2D eigenvalue weighted by atomic mass is 10.5. The largest absolute Gasteiger partial charge is 0.405 e. The van der Waals surface area contributed by atoms with Gasteiger partial charge in [-0.3, -0.25) is 0 Å². The molecule has 1 nitrogen and oxygen atoms in total. The number of hydrogen-bond donors (Lipinski definition) is 1. The second kappa shape index (κ2) is 7.02. The van der Waals surface area contributed by atoms with Gasteiger partial charge in [-0.15, -0.1) is 17.0 Å². The number of rotatable bonds is 0. The minimum Gasteiger partial charge on any atom is -0.405 e. The van der Waals surface area contributed by atoms with Crippen LogP contribution in [0.25, 0.3) is 0 Å². The highest BCUT2D eigenvalue weighted by atomic mass is 79.9. The zero-order valence-electron chi connectivity index (χ0n) is 5.26. The normalized spacial score (nSPS) is 14.6. The van der Waals surface area contributed by atoms with Crippen molar-refractivity contribution < 1.29 is 0 Å². The van der Waals surface area contributed by atoms with E-state index in [1.807, 2.05) is 0 Å². The predicted molar refractivity (Wildman–Crippen MR) is 43.1 cm³/mol. The minimum atomic E-state index is 0. The van der Waals surface area contributed by atoms with Crippen molar-refractivity contribution in [1.82, 2.24) is 0 Å². The maximum absolute atomic E-state index is 4.61. The lowest BCUT2D eigenvalue weighted by Gasteiger charge is -1.53. The Morgan fingerprint density at radius 1 is 1.62 bits per heavy atom. The molecule has 0 aromatic carbocycles. The molecule has 2 heteroatoms. The van der Waals surface area contributed by atoms with Gasteiger partial charge in [0.15, 0.2) is 0 Å². The van der Waals surface area contributed by atoms with Crippen LogP contribution in [0.1, 0.15) is 19.8 Å². The molecule has 1 rings (SSSR count). The molecule has 0 aliphatic heterocycles. The van der Waals surface area contributed by atoms with Crippen LogP contribution < -0.4 is 5.73 Å². The van der Waals surface area contributed by atoms with Crippen molar-refractivity contribution in [2.75, 3.05) is 0 Å². The second-order valence-electron chi connectivity index (χ2n) is 1.92. The van der Waals surface area contributed by atoms with Crippen molar-refractivity contribution >= 4 is 17.0 Å². The summed E-state index contributed by atoms with van der Waals surface area (Å²) >= 11 is 0. The van der Waals surface area contributed by atoms with E-state index in [9.17, 15) is 0 Å². The van der Waals surface area contributed by atoms with Crippen LogP contribution in [-0.4, -0.2) is 0 Å². The highest BCUT2D eigenvalue weighted by molar-refractivity contribution is 8.93. The Labute approximate surface area is 61.7 Å². The Hall–Kier alpha value is 0.0200. The van der Waals surface area contributed by atoms with Crippen molar-refractivity contribution in [3.63, 3.8) is 0 Å². The first-order chi connectivity index (χ1) is 3.31. The molecule has 1 saturated carbocycles. The van der Waals surface area contributed by atoms with Gasteiger partial charge in [-0.25, -0.2) is 0 Å². The summed E-state index contributed by atoms with van der Waals surface area (Å²) in [7, 11) is 0. The predicted octanol–water partition coefficient (Wildman–Crippen LogP) is 2.08. The number of nitrogens with two attached hydrogens (primary N) is 1. The van der Waals surface area contributed by atoms with E-state index < -0.39 is 0 Å². The lowest BCUT2D eigenvalue weighted by Crippen LogP contribution is -1.67. The van der Waals surface area contributed by atoms with Gasteiger partial charge < -0.3 is 5.73 Å².